The van der Waals surface area contributed by atoms with Gasteiger partial charge in [-0.15, -0.1) is 0 Å². The smallest absolute Gasteiger partial charge is 0.298 e. The highest BCUT2D eigenvalue weighted by Gasteiger charge is 2.28. The lowest BCUT2D eigenvalue weighted by atomic mass is 9.82. The van der Waals surface area contributed by atoms with Gasteiger partial charge in [0.2, 0.25) is 0 Å². The molecule has 0 amide bonds. The highest BCUT2D eigenvalue weighted by molar-refractivity contribution is 5.93. The van der Waals surface area contributed by atoms with Crippen LogP contribution in [0.25, 0.3) is 22.3 Å². The van der Waals surface area contributed by atoms with Crippen LogP contribution in [0.1, 0.15) is 50.0 Å². The van der Waals surface area contributed by atoms with Crippen molar-refractivity contribution in [2.45, 2.75) is 57.5 Å². The first-order valence-corrected chi connectivity index (χ1v) is 9.79. The van der Waals surface area contributed by atoms with E-state index in [-0.39, 0.29) is 0 Å². The van der Waals surface area contributed by atoms with Crippen LogP contribution in [0.15, 0.2) is 36.5 Å². The first-order valence-electron chi connectivity index (χ1n) is 9.79. The van der Waals surface area contributed by atoms with E-state index in [0.29, 0.717) is 18.1 Å². The Morgan fingerprint density at radius 1 is 1.04 bits per heavy atom. The summed E-state index contributed by atoms with van der Waals surface area (Å²) in [6, 6.07) is 10.5. The number of carbonyl (C=O) groups is 1. The summed E-state index contributed by atoms with van der Waals surface area (Å²) in [5.74, 6) is 1.25. The highest BCUT2D eigenvalue weighted by atomic mass is 16.5. The van der Waals surface area contributed by atoms with Crippen LogP contribution in [-0.2, 0) is 17.9 Å². The molecular weight excluding hydrogens is 324 g/mol. The Morgan fingerprint density at radius 3 is 2.77 bits per heavy atom. The topological polar surface area (TPSA) is 36.2 Å². The molecule has 3 heterocycles. The summed E-state index contributed by atoms with van der Waals surface area (Å²) in [6.07, 6.45) is 9.88. The molecule has 134 valence electrons. The van der Waals surface area contributed by atoms with Gasteiger partial charge < -0.3 is 13.9 Å². The highest BCUT2D eigenvalue weighted by Crippen LogP contribution is 2.45. The minimum Gasteiger partial charge on any atom is -0.429 e. The van der Waals surface area contributed by atoms with Gasteiger partial charge >= 0.3 is 0 Å². The third kappa shape index (κ3) is 2.39. The fourth-order valence-corrected chi connectivity index (χ4v) is 5.02. The molecule has 3 aromatic rings. The minimum absolute atomic E-state index is 0.515. The Labute approximate surface area is 153 Å². The maximum Gasteiger partial charge on any atom is 0.298 e. The summed E-state index contributed by atoms with van der Waals surface area (Å²) in [5, 5.41) is 1.33. The van der Waals surface area contributed by atoms with E-state index in [1.807, 2.05) is 12.1 Å². The fraction of sp³-hybridized carbons (Fsp3) is 0.409. The Hall–Kier alpha value is -2.49. The molecule has 1 aromatic carbocycles. The number of ether oxygens (including phenoxy) is 1. The zero-order valence-electron chi connectivity index (χ0n) is 15.0. The van der Waals surface area contributed by atoms with Gasteiger partial charge in [0, 0.05) is 30.7 Å². The number of rotatable bonds is 3. The summed E-state index contributed by atoms with van der Waals surface area (Å²) < 4.78 is 10.0. The third-order valence-electron chi connectivity index (χ3n) is 6.13. The molecular formula is C22H24N2O2. The van der Waals surface area contributed by atoms with Crippen LogP contribution in [0.2, 0.25) is 0 Å². The van der Waals surface area contributed by atoms with Crippen LogP contribution >= 0.6 is 0 Å². The van der Waals surface area contributed by atoms with Gasteiger partial charge in [0.05, 0.1) is 16.9 Å². The van der Waals surface area contributed by atoms with Crippen molar-refractivity contribution in [1.29, 1.82) is 0 Å². The second-order valence-corrected chi connectivity index (χ2v) is 7.58. The van der Waals surface area contributed by atoms with E-state index in [1.165, 1.54) is 60.0 Å². The van der Waals surface area contributed by atoms with E-state index in [9.17, 15) is 4.79 Å². The number of hydrogen-bond acceptors (Lipinski definition) is 2. The molecule has 0 spiro atoms. The summed E-state index contributed by atoms with van der Waals surface area (Å²) in [7, 11) is 0. The van der Waals surface area contributed by atoms with Crippen molar-refractivity contribution < 1.29 is 9.53 Å². The molecule has 0 N–H and O–H groups in total. The lowest BCUT2D eigenvalue weighted by Crippen LogP contribution is -2.07. The number of aromatic nitrogens is 2. The lowest BCUT2D eigenvalue weighted by molar-refractivity contribution is -0.120. The second-order valence-electron chi connectivity index (χ2n) is 7.58. The van der Waals surface area contributed by atoms with Gasteiger partial charge in [0.15, 0.2) is 0 Å². The number of fused-ring (bicyclic) bond motifs is 5. The Kier molecular flexibility index (Phi) is 3.84. The third-order valence-corrected chi connectivity index (χ3v) is 6.13. The maximum atomic E-state index is 10.8. The van der Waals surface area contributed by atoms with Crippen LogP contribution in [0.4, 0.5) is 0 Å². The molecule has 26 heavy (non-hydrogen) atoms. The average molecular weight is 348 g/mol. The van der Waals surface area contributed by atoms with Crippen molar-refractivity contribution in [3.63, 3.8) is 0 Å². The largest absolute Gasteiger partial charge is 0.429 e. The first-order chi connectivity index (χ1) is 12.9. The molecule has 0 atom stereocenters. The summed E-state index contributed by atoms with van der Waals surface area (Å²) in [5.41, 5.74) is 5.43. The molecule has 1 fully saturated rings. The Bertz CT molecular complexity index is 960. The molecule has 4 heteroatoms. The molecule has 1 aliphatic heterocycles. The predicted octanol–water partition coefficient (Wildman–Crippen LogP) is 5.10. The molecule has 0 saturated heterocycles. The van der Waals surface area contributed by atoms with Crippen molar-refractivity contribution in [1.82, 2.24) is 9.13 Å². The molecule has 2 aliphatic rings. The van der Waals surface area contributed by atoms with E-state index >= 15 is 0 Å². The van der Waals surface area contributed by atoms with Crippen LogP contribution < -0.4 is 4.74 Å². The number of benzene rings is 1. The van der Waals surface area contributed by atoms with E-state index in [4.69, 9.17) is 4.74 Å². The number of hydrogen-bond donors (Lipinski definition) is 0. The zero-order chi connectivity index (χ0) is 17.5. The number of carbonyl (C=O) groups excluding carboxylic acids is 1. The first kappa shape index (κ1) is 15.7. The molecule has 1 saturated carbocycles. The molecule has 5 rings (SSSR count). The van der Waals surface area contributed by atoms with Crippen LogP contribution in [0.3, 0.4) is 0 Å². The molecule has 2 aromatic heterocycles. The molecule has 1 aliphatic carbocycles. The van der Waals surface area contributed by atoms with Gasteiger partial charge in [-0.05, 0) is 55.0 Å². The summed E-state index contributed by atoms with van der Waals surface area (Å²) in [4.78, 5) is 10.8. The van der Waals surface area contributed by atoms with Crippen molar-refractivity contribution in [3.8, 4) is 17.1 Å². The van der Waals surface area contributed by atoms with Crippen molar-refractivity contribution >= 4 is 17.4 Å². The van der Waals surface area contributed by atoms with Gasteiger partial charge in [0.25, 0.3) is 6.47 Å². The summed E-state index contributed by atoms with van der Waals surface area (Å²) in [6.45, 7) is 2.57. The van der Waals surface area contributed by atoms with Crippen LogP contribution in [0, 0.1) is 0 Å². The average Bonchev–Trinajstić information content (AvgIpc) is 3.21. The maximum absolute atomic E-state index is 10.8. The van der Waals surface area contributed by atoms with E-state index in [1.54, 1.807) is 0 Å². The van der Waals surface area contributed by atoms with Crippen molar-refractivity contribution in [2.75, 3.05) is 0 Å². The zero-order valence-corrected chi connectivity index (χ0v) is 15.0. The van der Waals surface area contributed by atoms with Gasteiger partial charge in [0.1, 0.15) is 5.75 Å². The SMILES string of the molecule is O=COc1ccc2c(C3CCCCC3)c3n(c2c1)CCCn1cccc1-3. The van der Waals surface area contributed by atoms with Gasteiger partial charge in [-0.1, -0.05) is 19.3 Å². The van der Waals surface area contributed by atoms with Crippen molar-refractivity contribution in [2.24, 2.45) is 0 Å². The Balaban J connectivity index is 1.80. The predicted molar refractivity (Wildman–Crippen MR) is 102 cm³/mol. The van der Waals surface area contributed by atoms with Crippen LogP contribution in [0.5, 0.6) is 5.75 Å². The van der Waals surface area contributed by atoms with E-state index in [0.717, 1.165) is 19.5 Å². The molecule has 4 nitrogen and oxygen atoms in total. The van der Waals surface area contributed by atoms with Gasteiger partial charge in [-0.3, -0.25) is 4.79 Å². The van der Waals surface area contributed by atoms with Crippen molar-refractivity contribution in [3.05, 3.63) is 42.1 Å². The summed E-state index contributed by atoms with van der Waals surface area (Å²) >= 11 is 0. The standard InChI is InChI=1S/C22H24N2O2/c25-15-26-17-9-10-18-20(14-17)24-13-5-12-23-11-4-8-19(23)22(24)21(18)16-6-2-1-3-7-16/h4,8-11,14-16H,1-3,5-7,12-13H2. The Morgan fingerprint density at radius 2 is 1.92 bits per heavy atom. The number of nitrogens with zero attached hydrogens (tertiary/aromatic N) is 2. The molecule has 0 bridgehead atoms. The van der Waals surface area contributed by atoms with Gasteiger partial charge in [-0.2, -0.15) is 0 Å². The second kappa shape index (κ2) is 6.35. The molecule has 0 radical (unpaired) electrons. The normalized spacial score (nSPS) is 17.5. The number of aryl methyl sites for hydroxylation is 2. The quantitative estimate of drug-likeness (QED) is 0.618. The van der Waals surface area contributed by atoms with E-state index in [2.05, 4.69) is 33.5 Å². The van der Waals surface area contributed by atoms with Gasteiger partial charge in [-0.25, -0.2) is 0 Å². The van der Waals surface area contributed by atoms with E-state index < -0.39 is 0 Å². The monoisotopic (exact) mass is 348 g/mol. The lowest BCUT2D eigenvalue weighted by Gasteiger charge is -2.23. The van der Waals surface area contributed by atoms with Crippen LogP contribution in [-0.4, -0.2) is 15.6 Å². The minimum atomic E-state index is 0.515. The fourth-order valence-electron chi connectivity index (χ4n) is 5.02. The molecule has 0 unspecified atom stereocenters.